The number of aromatic amines is 1. The number of amides is 3. The van der Waals surface area contributed by atoms with Crippen LogP contribution in [0, 0.1) is 0 Å². The standard InChI is InChI=1S/C24H34N8O8/c25-14(5-3-7-28-24(26)27)20(36)30-16(8-12-10-29-15-6-2-1-4-13(12)15)21(37)32-18(11-33)22(38)31-17(23(39)40)9-19(34)35/h1-2,4,6,10,14,16-18,29,33H,3,5,7-9,11,25H2,(H,30,36)(H,31,38)(H,32,37)(H,34,35)(H,39,40)(H4,26,27,28). The van der Waals surface area contributed by atoms with Crippen molar-refractivity contribution in [1.29, 1.82) is 0 Å². The van der Waals surface area contributed by atoms with E-state index in [0.717, 1.165) is 10.9 Å². The fourth-order valence-electron chi connectivity index (χ4n) is 3.77. The van der Waals surface area contributed by atoms with E-state index >= 15 is 0 Å². The van der Waals surface area contributed by atoms with Gasteiger partial charge in [-0.15, -0.1) is 0 Å². The second-order valence-corrected chi connectivity index (χ2v) is 8.92. The van der Waals surface area contributed by atoms with Crippen LogP contribution in [-0.2, 0) is 30.4 Å². The highest BCUT2D eigenvalue weighted by Crippen LogP contribution is 2.19. The van der Waals surface area contributed by atoms with E-state index in [9.17, 15) is 34.2 Å². The topological polar surface area (TPSA) is 288 Å². The minimum absolute atomic E-state index is 0.0289. The maximum absolute atomic E-state index is 13.2. The Morgan fingerprint density at radius 3 is 2.17 bits per heavy atom. The van der Waals surface area contributed by atoms with Gasteiger partial charge in [0.2, 0.25) is 17.7 Å². The molecule has 40 heavy (non-hydrogen) atoms. The molecule has 218 valence electrons. The number of H-pyrrole nitrogens is 1. The molecule has 16 heteroatoms. The van der Waals surface area contributed by atoms with E-state index in [2.05, 4.69) is 20.6 Å². The summed E-state index contributed by atoms with van der Waals surface area (Å²) in [7, 11) is 0. The molecule has 2 aromatic rings. The molecule has 0 radical (unpaired) electrons. The number of aliphatic imine (C=N–C) groups is 1. The monoisotopic (exact) mass is 562 g/mol. The van der Waals surface area contributed by atoms with Crippen LogP contribution in [-0.4, -0.2) is 93.2 Å². The predicted octanol–water partition coefficient (Wildman–Crippen LogP) is -2.90. The van der Waals surface area contributed by atoms with E-state index in [0.29, 0.717) is 12.0 Å². The summed E-state index contributed by atoms with van der Waals surface area (Å²) in [6, 6.07) is 1.53. The molecule has 0 aliphatic carbocycles. The van der Waals surface area contributed by atoms with Crippen molar-refractivity contribution in [3.63, 3.8) is 0 Å². The number of fused-ring (bicyclic) bond motifs is 1. The van der Waals surface area contributed by atoms with Gasteiger partial charge in [-0.2, -0.15) is 0 Å². The maximum Gasteiger partial charge on any atom is 0.326 e. The number of carboxylic acids is 2. The third-order valence-corrected chi connectivity index (χ3v) is 5.85. The Hall–Kier alpha value is -4.70. The number of guanidine groups is 1. The molecule has 4 unspecified atom stereocenters. The Labute approximate surface area is 228 Å². The number of nitrogens with zero attached hydrogens (tertiary/aromatic N) is 1. The number of aliphatic hydroxyl groups is 1. The van der Waals surface area contributed by atoms with E-state index in [4.69, 9.17) is 22.3 Å². The van der Waals surface area contributed by atoms with Gasteiger partial charge in [0.25, 0.3) is 0 Å². The van der Waals surface area contributed by atoms with E-state index in [1.54, 1.807) is 12.3 Å². The zero-order valence-electron chi connectivity index (χ0n) is 21.5. The highest BCUT2D eigenvalue weighted by Gasteiger charge is 2.31. The zero-order valence-corrected chi connectivity index (χ0v) is 21.5. The summed E-state index contributed by atoms with van der Waals surface area (Å²) in [6.45, 7) is -0.690. The van der Waals surface area contributed by atoms with E-state index in [1.807, 2.05) is 23.5 Å². The van der Waals surface area contributed by atoms with Crippen molar-refractivity contribution >= 4 is 46.5 Å². The number of carbonyl (C=O) groups excluding carboxylic acids is 3. The molecule has 1 aromatic carbocycles. The molecule has 0 saturated heterocycles. The summed E-state index contributed by atoms with van der Waals surface area (Å²) in [6.07, 6.45) is 1.30. The molecule has 0 saturated carbocycles. The van der Waals surface area contributed by atoms with Gasteiger partial charge in [0.1, 0.15) is 18.1 Å². The summed E-state index contributed by atoms with van der Waals surface area (Å²) >= 11 is 0. The van der Waals surface area contributed by atoms with Gasteiger partial charge < -0.3 is 53.5 Å². The second-order valence-electron chi connectivity index (χ2n) is 8.92. The van der Waals surface area contributed by atoms with Crippen molar-refractivity contribution in [2.75, 3.05) is 13.2 Å². The number of hydrogen-bond donors (Lipinski definition) is 10. The minimum Gasteiger partial charge on any atom is -0.481 e. The summed E-state index contributed by atoms with van der Waals surface area (Å²) < 4.78 is 0. The Morgan fingerprint density at radius 2 is 1.55 bits per heavy atom. The molecule has 1 heterocycles. The van der Waals surface area contributed by atoms with Gasteiger partial charge in [-0.05, 0) is 24.5 Å². The molecule has 0 spiro atoms. The van der Waals surface area contributed by atoms with Crippen molar-refractivity contribution in [3.8, 4) is 0 Å². The van der Waals surface area contributed by atoms with Crippen LogP contribution in [0.3, 0.4) is 0 Å². The maximum atomic E-state index is 13.2. The fraction of sp³-hybridized carbons (Fsp3) is 0.417. The number of hydrogen-bond acceptors (Lipinski definition) is 8. The Kier molecular flexibility index (Phi) is 11.8. The number of carbonyl (C=O) groups is 5. The van der Waals surface area contributed by atoms with E-state index < -0.39 is 66.9 Å². The Balaban J connectivity index is 2.20. The van der Waals surface area contributed by atoms with Crippen LogP contribution in [0.25, 0.3) is 10.9 Å². The van der Waals surface area contributed by atoms with Crippen LogP contribution < -0.4 is 33.2 Å². The number of aliphatic hydroxyl groups excluding tert-OH is 1. The van der Waals surface area contributed by atoms with Gasteiger partial charge in [0, 0.05) is 30.1 Å². The van der Waals surface area contributed by atoms with Crippen LogP contribution in [0.4, 0.5) is 0 Å². The lowest BCUT2D eigenvalue weighted by molar-refractivity contribution is -0.147. The molecule has 0 aliphatic heterocycles. The lowest BCUT2D eigenvalue weighted by Crippen LogP contribution is -2.58. The molecule has 0 bridgehead atoms. The molecule has 2 rings (SSSR count). The Bertz CT molecular complexity index is 1240. The highest BCUT2D eigenvalue weighted by molar-refractivity contribution is 5.95. The smallest absolute Gasteiger partial charge is 0.326 e. The largest absolute Gasteiger partial charge is 0.481 e. The molecule has 1 aromatic heterocycles. The first kappa shape index (κ1) is 31.5. The number of carboxylic acid groups (broad SMARTS) is 2. The molecule has 4 atom stereocenters. The quantitative estimate of drug-likeness (QED) is 0.0562. The third-order valence-electron chi connectivity index (χ3n) is 5.85. The molecular formula is C24H34N8O8. The number of benzene rings is 1. The minimum atomic E-state index is -1.80. The van der Waals surface area contributed by atoms with Crippen LogP contribution in [0.2, 0.25) is 0 Å². The number of para-hydroxylation sites is 1. The molecule has 3 amide bonds. The van der Waals surface area contributed by atoms with Crippen molar-refractivity contribution < 1.29 is 39.3 Å². The van der Waals surface area contributed by atoms with Gasteiger partial charge in [0.15, 0.2) is 5.96 Å². The molecule has 0 fully saturated rings. The van der Waals surface area contributed by atoms with Gasteiger partial charge in [0.05, 0.1) is 19.1 Å². The fourth-order valence-corrected chi connectivity index (χ4v) is 3.77. The SMILES string of the molecule is NC(N)=NCCCC(N)C(=O)NC(Cc1c[nH]c2ccccc12)C(=O)NC(CO)C(=O)NC(CC(=O)O)C(=O)O. The van der Waals surface area contributed by atoms with Crippen molar-refractivity contribution in [3.05, 3.63) is 36.0 Å². The number of aliphatic carboxylic acids is 2. The molecule has 13 N–H and O–H groups in total. The number of nitrogens with one attached hydrogen (secondary N) is 4. The summed E-state index contributed by atoms with van der Waals surface area (Å²) in [5.41, 5.74) is 18.0. The van der Waals surface area contributed by atoms with Gasteiger partial charge in [-0.1, -0.05) is 18.2 Å². The Morgan fingerprint density at radius 1 is 0.925 bits per heavy atom. The predicted molar refractivity (Wildman–Crippen MR) is 143 cm³/mol. The first-order valence-corrected chi connectivity index (χ1v) is 12.3. The van der Waals surface area contributed by atoms with Crippen LogP contribution >= 0.6 is 0 Å². The average Bonchev–Trinajstić information content (AvgIpc) is 3.30. The summed E-state index contributed by atoms with van der Waals surface area (Å²) in [4.78, 5) is 67.7. The number of aromatic nitrogens is 1. The van der Waals surface area contributed by atoms with Crippen molar-refractivity contribution in [1.82, 2.24) is 20.9 Å². The van der Waals surface area contributed by atoms with Crippen LogP contribution in [0.1, 0.15) is 24.8 Å². The van der Waals surface area contributed by atoms with Gasteiger partial charge in [-0.3, -0.25) is 24.2 Å². The molecule has 16 nitrogen and oxygen atoms in total. The zero-order chi connectivity index (χ0) is 29.8. The first-order chi connectivity index (χ1) is 18.9. The third kappa shape index (κ3) is 9.55. The normalized spacial score (nSPS) is 13.8. The average molecular weight is 563 g/mol. The summed E-state index contributed by atoms with van der Waals surface area (Å²) in [5.74, 6) is -5.86. The number of rotatable bonds is 16. The lowest BCUT2D eigenvalue weighted by Gasteiger charge is -2.24. The molecular weight excluding hydrogens is 528 g/mol. The van der Waals surface area contributed by atoms with Crippen molar-refractivity contribution in [2.24, 2.45) is 22.2 Å². The first-order valence-electron chi connectivity index (χ1n) is 12.3. The lowest BCUT2D eigenvalue weighted by atomic mass is 10.0. The molecule has 0 aliphatic rings. The van der Waals surface area contributed by atoms with E-state index in [1.165, 1.54) is 0 Å². The van der Waals surface area contributed by atoms with Crippen molar-refractivity contribution in [2.45, 2.75) is 49.9 Å². The second kappa shape index (κ2) is 15.0. The van der Waals surface area contributed by atoms with E-state index in [-0.39, 0.29) is 25.3 Å². The van der Waals surface area contributed by atoms with Crippen LogP contribution in [0.5, 0.6) is 0 Å². The summed E-state index contributed by atoms with van der Waals surface area (Å²) in [5, 5.41) is 35.4. The number of nitrogens with two attached hydrogens (primary N) is 3. The van der Waals surface area contributed by atoms with Gasteiger partial charge >= 0.3 is 11.9 Å². The highest BCUT2D eigenvalue weighted by atomic mass is 16.4. The van der Waals surface area contributed by atoms with Crippen LogP contribution in [0.15, 0.2) is 35.5 Å². The van der Waals surface area contributed by atoms with Gasteiger partial charge in [-0.25, -0.2) is 4.79 Å².